The van der Waals surface area contributed by atoms with Crippen LogP contribution in [-0.2, 0) is 6.54 Å². The van der Waals surface area contributed by atoms with Gasteiger partial charge in [-0.25, -0.2) is 4.98 Å². The molecule has 0 saturated heterocycles. The summed E-state index contributed by atoms with van der Waals surface area (Å²) in [5.41, 5.74) is 2.55. The van der Waals surface area contributed by atoms with Crippen molar-refractivity contribution in [1.29, 1.82) is 0 Å². The molecule has 0 aliphatic heterocycles. The lowest BCUT2D eigenvalue weighted by Crippen LogP contribution is -2.34. The van der Waals surface area contributed by atoms with Gasteiger partial charge in [-0.1, -0.05) is 30.3 Å². The molecule has 1 heterocycles. The SMILES string of the molecule is Cc1nc(CN(C)C(CNC2CC2)c2ccccc2)cs1. The van der Waals surface area contributed by atoms with Crippen molar-refractivity contribution < 1.29 is 0 Å². The fourth-order valence-corrected chi connectivity index (χ4v) is 3.22. The Labute approximate surface area is 131 Å². The second kappa shape index (κ2) is 6.69. The normalized spacial score (nSPS) is 16.3. The summed E-state index contributed by atoms with van der Waals surface area (Å²) in [6.45, 7) is 3.97. The Kier molecular flexibility index (Phi) is 4.68. The quantitative estimate of drug-likeness (QED) is 0.850. The highest BCUT2D eigenvalue weighted by Gasteiger charge is 2.24. The van der Waals surface area contributed by atoms with E-state index in [1.807, 2.05) is 0 Å². The zero-order chi connectivity index (χ0) is 14.7. The average molecular weight is 301 g/mol. The maximum absolute atomic E-state index is 4.59. The molecule has 2 aromatic rings. The Morgan fingerprint density at radius 3 is 2.71 bits per heavy atom. The average Bonchev–Trinajstić information content (AvgIpc) is 3.22. The van der Waals surface area contributed by atoms with E-state index in [1.54, 1.807) is 11.3 Å². The number of nitrogens with one attached hydrogen (secondary N) is 1. The molecule has 3 nitrogen and oxygen atoms in total. The van der Waals surface area contributed by atoms with Crippen LogP contribution in [0, 0.1) is 6.92 Å². The number of hydrogen-bond acceptors (Lipinski definition) is 4. The van der Waals surface area contributed by atoms with Gasteiger partial charge in [-0.2, -0.15) is 0 Å². The van der Waals surface area contributed by atoms with Crippen LogP contribution < -0.4 is 5.32 Å². The van der Waals surface area contributed by atoms with Crippen LogP contribution in [0.25, 0.3) is 0 Å². The smallest absolute Gasteiger partial charge is 0.0897 e. The van der Waals surface area contributed by atoms with E-state index in [0.717, 1.165) is 24.1 Å². The summed E-state index contributed by atoms with van der Waals surface area (Å²) in [6.07, 6.45) is 2.66. The molecule has 1 atom stereocenters. The summed E-state index contributed by atoms with van der Waals surface area (Å²) < 4.78 is 0. The third-order valence-electron chi connectivity index (χ3n) is 3.97. The molecule has 0 radical (unpaired) electrons. The summed E-state index contributed by atoms with van der Waals surface area (Å²) in [5.74, 6) is 0. The number of rotatable bonds is 7. The fourth-order valence-electron chi connectivity index (χ4n) is 2.62. The van der Waals surface area contributed by atoms with E-state index < -0.39 is 0 Å². The summed E-state index contributed by atoms with van der Waals surface area (Å²) in [6, 6.07) is 11.9. The van der Waals surface area contributed by atoms with Gasteiger partial charge >= 0.3 is 0 Å². The number of nitrogens with zero attached hydrogens (tertiary/aromatic N) is 2. The van der Waals surface area contributed by atoms with Gasteiger partial charge in [0.05, 0.1) is 10.7 Å². The van der Waals surface area contributed by atoms with Gasteiger partial charge in [0.15, 0.2) is 0 Å². The lowest BCUT2D eigenvalue weighted by atomic mass is 10.1. The van der Waals surface area contributed by atoms with Crippen LogP contribution in [0.15, 0.2) is 35.7 Å². The fraction of sp³-hybridized carbons (Fsp3) is 0.471. The summed E-state index contributed by atoms with van der Waals surface area (Å²) in [5, 5.41) is 6.98. The third kappa shape index (κ3) is 4.13. The Morgan fingerprint density at radius 2 is 2.10 bits per heavy atom. The predicted octanol–water partition coefficient (Wildman–Crippen LogP) is 3.38. The van der Waals surface area contributed by atoms with E-state index in [4.69, 9.17) is 0 Å². The van der Waals surface area contributed by atoms with Crippen molar-refractivity contribution >= 4 is 11.3 Å². The number of hydrogen-bond donors (Lipinski definition) is 1. The van der Waals surface area contributed by atoms with E-state index in [0.29, 0.717) is 6.04 Å². The van der Waals surface area contributed by atoms with E-state index in [1.165, 1.54) is 24.1 Å². The van der Waals surface area contributed by atoms with E-state index in [-0.39, 0.29) is 0 Å². The first kappa shape index (κ1) is 14.7. The largest absolute Gasteiger partial charge is 0.312 e. The minimum atomic E-state index is 0.397. The molecule has 4 heteroatoms. The van der Waals surface area contributed by atoms with E-state index in [2.05, 4.69) is 64.9 Å². The molecule has 1 aromatic heterocycles. The molecule has 3 rings (SSSR count). The molecule has 0 bridgehead atoms. The Hall–Kier alpha value is -1.23. The van der Waals surface area contributed by atoms with Crippen LogP contribution in [0.3, 0.4) is 0 Å². The zero-order valence-corrected chi connectivity index (χ0v) is 13.6. The lowest BCUT2D eigenvalue weighted by molar-refractivity contribution is 0.227. The van der Waals surface area contributed by atoms with Crippen molar-refractivity contribution in [2.75, 3.05) is 13.6 Å². The van der Waals surface area contributed by atoms with Crippen molar-refractivity contribution in [2.45, 2.75) is 38.4 Å². The highest BCUT2D eigenvalue weighted by molar-refractivity contribution is 7.09. The van der Waals surface area contributed by atoms with Crippen LogP contribution >= 0.6 is 11.3 Å². The Morgan fingerprint density at radius 1 is 1.33 bits per heavy atom. The van der Waals surface area contributed by atoms with E-state index >= 15 is 0 Å². The maximum atomic E-state index is 4.59. The Bertz CT molecular complexity index is 562. The monoisotopic (exact) mass is 301 g/mol. The van der Waals surface area contributed by atoms with Crippen molar-refractivity contribution in [2.24, 2.45) is 0 Å². The van der Waals surface area contributed by atoms with Crippen LogP contribution in [0.2, 0.25) is 0 Å². The zero-order valence-electron chi connectivity index (χ0n) is 12.7. The van der Waals surface area contributed by atoms with Crippen LogP contribution in [0.4, 0.5) is 0 Å². The highest BCUT2D eigenvalue weighted by Crippen LogP contribution is 2.24. The molecule has 1 fully saturated rings. The first-order valence-corrected chi connectivity index (χ1v) is 8.50. The van der Waals surface area contributed by atoms with Crippen molar-refractivity contribution in [3.8, 4) is 0 Å². The van der Waals surface area contributed by atoms with Gasteiger partial charge in [-0.3, -0.25) is 4.90 Å². The van der Waals surface area contributed by atoms with Gasteiger partial charge < -0.3 is 5.32 Å². The molecule has 0 amide bonds. The van der Waals surface area contributed by atoms with Gasteiger partial charge in [-0.05, 0) is 32.4 Å². The van der Waals surface area contributed by atoms with Crippen LogP contribution in [-0.4, -0.2) is 29.5 Å². The van der Waals surface area contributed by atoms with E-state index in [9.17, 15) is 0 Å². The Balaban J connectivity index is 1.70. The molecular formula is C17H23N3S. The third-order valence-corrected chi connectivity index (χ3v) is 4.79. The number of aryl methyl sites for hydroxylation is 1. The molecule has 21 heavy (non-hydrogen) atoms. The minimum Gasteiger partial charge on any atom is -0.312 e. The maximum Gasteiger partial charge on any atom is 0.0897 e. The number of benzene rings is 1. The summed E-state index contributed by atoms with van der Waals surface area (Å²) in [4.78, 5) is 6.99. The van der Waals surface area contributed by atoms with Crippen LogP contribution in [0.5, 0.6) is 0 Å². The number of aromatic nitrogens is 1. The van der Waals surface area contributed by atoms with Crippen LogP contribution in [0.1, 0.15) is 35.1 Å². The molecule has 1 N–H and O–H groups in total. The molecule has 1 unspecified atom stereocenters. The van der Waals surface area contributed by atoms with Gasteiger partial charge in [0.1, 0.15) is 0 Å². The molecular weight excluding hydrogens is 278 g/mol. The predicted molar refractivity (Wildman–Crippen MR) is 88.5 cm³/mol. The second-order valence-electron chi connectivity index (χ2n) is 5.88. The first-order chi connectivity index (χ1) is 10.2. The molecule has 1 aliphatic rings. The topological polar surface area (TPSA) is 28.2 Å². The minimum absolute atomic E-state index is 0.397. The van der Waals surface area contributed by atoms with Gasteiger partial charge in [0.2, 0.25) is 0 Å². The standard InChI is InChI=1S/C17H23N3S/c1-13-19-16(12-21-13)11-20(2)17(10-18-15-8-9-15)14-6-4-3-5-7-14/h3-7,12,15,17-18H,8-11H2,1-2H3. The summed E-state index contributed by atoms with van der Waals surface area (Å²) >= 11 is 1.73. The number of likely N-dealkylation sites (N-methyl/N-ethyl adjacent to an activating group) is 1. The number of thiazole rings is 1. The van der Waals surface area contributed by atoms with Crippen molar-refractivity contribution in [1.82, 2.24) is 15.2 Å². The van der Waals surface area contributed by atoms with Crippen molar-refractivity contribution in [3.63, 3.8) is 0 Å². The first-order valence-electron chi connectivity index (χ1n) is 7.62. The van der Waals surface area contributed by atoms with Crippen molar-refractivity contribution in [3.05, 3.63) is 52.0 Å². The molecule has 0 spiro atoms. The molecule has 1 aliphatic carbocycles. The highest BCUT2D eigenvalue weighted by atomic mass is 32.1. The van der Waals surface area contributed by atoms with Gasteiger partial charge in [0.25, 0.3) is 0 Å². The lowest BCUT2D eigenvalue weighted by Gasteiger charge is -2.28. The molecule has 112 valence electrons. The summed E-state index contributed by atoms with van der Waals surface area (Å²) in [7, 11) is 2.20. The second-order valence-corrected chi connectivity index (χ2v) is 6.94. The van der Waals surface area contributed by atoms with Gasteiger partial charge in [-0.15, -0.1) is 11.3 Å². The van der Waals surface area contributed by atoms with Gasteiger partial charge in [0, 0.05) is 30.6 Å². The molecule has 1 saturated carbocycles. The molecule has 1 aromatic carbocycles.